The summed E-state index contributed by atoms with van der Waals surface area (Å²) in [6.07, 6.45) is 7.40. The summed E-state index contributed by atoms with van der Waals surface area (Å²) in [4.78, 5) is 2.47. The van der Waals surface area contributed by atoms with Gasteiger partial charge in [0.25, 0.3) is 0 Å². The van der Waals surface area contributed by atoms with Crippen molar-refractivity contribution in [2.75, 3.05) is 20.2 Å². The quantitative estimate of drug-likeness (QED) is 0.896. The molecule has 4 rings (SSSR count). The molecule has 0 radical (unpaired) electrons. The zero-order valence-corrected chi connectivity index (χ0v) is 14.9. The number of nitrogens with one attached hydrogen (secondary N) is 1. The molecular weight excluding hydrogens is 314 g/mol. The van der Waals surface area contributed by atoms with Crippen molar-refractivity contribution in [1.82, 2.24) is 15.1 Å². The van der Waals surface area contributed by atoms with Gasteiger partial charge in [0, 0.05) is 36.7 Å². The summed E-state index contributed by atoms with van der Waals surface area (Å²) < 4.78 is 5.24. The van der Waals surface area contributed by atoms with Crippen molar-refractivity contribution in [2.45, 2.75) is 44.2 Å². The number of methoxy groups -OCH3 is 1. The van der Waals surface area contributed by atoms with Crippen molar-refractivity contribution in [3.8, 4) is 17.0 Å². The molecule has 1 aromatic heterocycles. The van der Waals surface area contributed by atoms with Crippen LogP contribution in [0.4, 0.5) is 0 Å². The third-order valence-corrected chi connectivity index (χ3v) is 6.00. The Balaban J connectivity index is 1.48. The molecular formula is C20H27N3O2. The average Bonchev–Trinajstić information content (AvgIpc) is 3.10. The van der Waals surface area contributed by atoms with Gasteiger partial charge >= 0.3 is 0 Å². The summed E-state index contributed by atoms with van der Waals surface area (Å²) in [6.45, 7) is 2.83. The van der Waals surface area contributed by atoms with E-state index in [0.717, 1.165) is 55.9 Å². The summed E-state index contributed by atoms with van der Waals surface area (Å²) in [5.41, 5.74) is 3.00. The van der Waals surface area contributed by atoms with Gasteiger partial charge in [0.05, 0.1) is 24.6 Å². The molecule has 2 atom stereocenters. The number of aromatic amines is 1. The van der Waals surface area contributed by atoms with Crippen molar-refractivity contribution in [3.63, 3.8) is 0 Å². The molecule has 5 nitrogen and oxygen atoms in total. The van der Waals surface area contributed by atoms with E-state index in [1.54, 1.807) is 7.11 Å². The van der Waals surface area contributed by atoms with Gasteiger partial charge in [-0.3, -0.25) is 10.00 Å². The Labute approximate surface area is 149 Å². The number of ether oxygens (including phenoxy) is 1. The topological polar surface area (TPSA) is 61.4 Å². The summed E-state index contributed by atoms with van der Waals surface area (Å²) in [6, 6.07) is 8.07. The molecule has 2 fully saturated rings. The third kappa shape index (κ3) is 3.31. The lowest BCUT2D eigenvalue weighted by Gasteiger charge is -2.47. The molecule has 2 unspecified atom stereocenters. The maximum absolute atomic E-state index is 10.9. The number of H-pyrrole nitrogens is 1. The van der Waals surface area contributed by atoms with Crippen LogP contribution in [-0.4, -0.2) is 46.0 Å². The molecule has 1 saturated heterocycles. The average molecular weight is 341 g/mol. The maximum atomic E-state index is 10.9. The van der Waals surface area contributed by atoms with E-state index in [0.29, 0.717) is 5.92 Å². The van der Waals surface area contributed by atoms with Gasteiger partial charge < -0.3 is 9.84 Å². The Morgan fingerprint density at radius 1 is 1.28 bits per heavy atom. The summed E-state index contributed by atoms with van der Waals surface area (Å²) >= 11 is 0. The van der Waals surface area contributed by atoms with Gasteiger partial charge in [-0.1, -0.05) is 12.8 Å². The highest BCUT2D eigenvalue weighted by atomic mass is 16.5. The minimum absolute atomic E-state index is 0.413. The van der Waals surface area contributed by atoms with Crippen molar-refractivity contribution in [3.05, 3.63) is 36.0 Å². The van der Waals surface area contributed by atoms with Crippen LogP contribution in [0.2, 0.25) is 0 Å². The highest BCUT2D eigenvalue weighted by molar-refractivity contribution is 5.63. The Hall–Kier alpha value is -1.85. The van der Waals surface area contributed by atoms with E-state index in [1.807, 2.05) is 18.3 Å². The van der Waals surface area contributed by atoms with E-state index in [2.05, 4.69) is 27.2 Å². The number of nitrogens with zero attached hydrogens (tertiary/aromatic N) is 2. The zero-order chi connectivity index (χ0) is 17.3. The lowest BCUT2D eigenvalue weighted by Crippen LogP contribution is -2.52. The zero-order valence-electron chi connectivity index (χ0n) is 14.9. The van der Waals surface area contributed by atoms with Gasteiger partial charge in [-0.25, -0.2) is 0 Å². The molecule has 0 spiro atoms. The SMILES string of the molecule is COc1ccc(-c2[nH]ncc2CN2CCC3(O)CCCCC3C2)cc1. The summed E-state index contributed by atoms with van der Waals surface area (Å²) in [5, 5.41) is 18.3. The molecule has 134 valence electrons. The van der Waals surface area contributed by atoms with Crippen LogP contribution in [0.15, 0.2) is 30.5 Å². The van der Waals surface area contributed by atoms with Gasteiger partial charge in [-0.05, 0) is 43.5 Å². The lowest BCUT2D eigenvalue weighted by atomic mass is 9.71. The first-order valence-corrected chi connectivity index (χ1v) is 9.29. The van der Waals surface area contributed by atoms with Crippen molar-refractivity contribution in [2.24, 2.45) is 5.92 Å². The number of aromatic nitrogens is 2. The second-order valence-electron chi connectivity index (χ2n) is 7.53. The number of hydrogen-bond acceptors (Lipinski definition) is 4. The molecule has 1 saturated carbocycles. The van der Waals surface area contributed by atoms with Crippen molar-refractivity contribution < 1.29 is 9.84 Å². The van der Waals surface area contributed by atoms with Gasteiger partial charge in [0.1, 0.15) is 5.75 Å². The Morgan fingerprint density at radius 3 is 2.92 bits per heavy atom. The highest BCUT2D eigenvalue weighted by Gasteiger charge is 2.42. The number of benzene rings is 1. The highest BCUT2D eigenvalue weighted by Crippen LogP contribution is 2.40. The Morgan fingerprint density at radius 2 is 2.12 bits per heavy atom. The minimum Gasteiger partial charge on any atom is -0.497 e. The lowest BCUT2D eigenvalue weighted by molar-refractivity contribution is -0.0967. The minimum atomic E-state index is -0.413. The van der Waals surface area contributed by atoms with Crippen LogP contribution in [0.1, 0.15) is 37.7 Å². The van der Waals surface area contributed by atoms with Crippen LogP contribution in [-0.2, 0) is 6.54 Å². The number of likely N-dealkylation sites (tertiary alicyclic amines) is 1. The van der Waals surface area contributed by atoms with Crippen molar-refractivity contribution in [1.29, 1.82) is 0 Å². The number of aliphatic hydroxyl groups is 1. The monoisotopic (exact) mass is 341 g/mol. The van der Waals surface area contributed by atoms with Crippen LogP contribution in [0.3, 0.4) is 0 Å². The molecule has 1 aliphatic heterocycles. The van der Waals surface area contributed by atoms with Crippen LogP contribution >= 0.6 is 0 Å². The number of fused-ring (bicyclic) bond motifs is 1. The van der Waals surface area contributed by atoms with Gasteiger partial charge in [0.15, 0.2) is 0 Å². The standard InChI is InChI=1S/C20H27N3O2/c1-25-18-7-5-15(6-8-18)19-16(12-21-22-19)13-23-11-10-20(24)9-3-2-4-17(20)14-23/h5-8,12,17,24H,2-4,9-11,13-14H2,1H3,(H,21,22). The molecule has 2 aliphatic rings. The van der Waals surface area contributed by atoms with Crippen LogP contribution < -0.4 is 4.74 Å². The van der Waals surface area contributed by atoms with Gasteiger partial charge in [-0.15, -0.1) is 0 Å². The summed E-state index contributed by atoms with van der Waals surface area (Å²) in [7, 11) is 1.68. The fourth-order valence-corrected chi connectivity index (χ4v) is 4.46. The smallest absolute Gasteiger partial charge is 0.118 e. The second kappa shape index (κ2) is 6.81. The van der Waals surface area contributed by atoms with E-state index in [9.17, 15) is 5.11 Å². The van der Waals surface area contributed by atoms with E-state index in [4.69, 9.17) is 4.74 Å². The maximum Gasteiger partial charge on any atom is 0.118 e. The van der Waals surface area contributed by atoms with E-state index >= 15 is 0 Å². The number of rotatable bonds is 4. The largest absolute Gasteiger partial charge is 0.497 e. The molecule has 0 bridgehead atoms. The Kier molecular flexibility index (Phi) is 4.52. The first-order valence-electron chi connectivity index (χ1n) is 9.29. The number of hydrogen-bond donors (Lipinski definition) is 2. The second-order valence-corrected chi connectivity index (χ2v) is 7.53. The van der Waals surface area contributed by atoms with Crippen molar-refractivity contribution >= 4 is 0 Å². The molecule has 1 aliphatic carbocycles. The molecule has 25 heavy (non-hydrogen) atoms. The Bertz CT molecular complexity index is 712. The first kappa shape index (κ1) is 16.6. The molecule has 0 amide bonds. The van der Waals surface area contributed by atoms with Gasteiger partial charge in [-0.2, -0.15) is 5.10 Å². The normalized spacial score (nSPS) is 27.0. The van der Waals surface area contributed by atoms with E-state index in [1.165, 1.54) is 18.4 Å². The van der Waals surface area contributed by atoms with E-state index in [-0.39, 0.29) is 0 Å². The molecule has 2 aromatic rings. The van der Waals surface area contributed by atoms with E-state index < -0.39 is 5.60 Å². The summed E-state index contributed by atoms with van der Waals surface area (Å²) in [5.74, 6) is 1.28. The van der Waals surface area contributed by atoms with Crippen LogP contribution in [0.5, 0.6) is 5.75 Å². The predicted octanol–water partition coefficient (Wildman–Crippen LogP) is 3.21. The molecule has 2 N–H and O–H groups in total. The molecule has 2 heterocycles. The molecule has 5 heteroatoms. The van der Waals surface area contributed by atoms with Crippen LogP contribution in [0.25, 0.3) is 11.3 Å². The van der Waals surface area contributed by atoms with Gasteiger partial charge in [0.2, 0.25) is 0 Å². The van der Waals surface area contributed by atoms with Crippen LogP contribution in [0, 0.1) is 5.92 Å². The third-order valence-electron chi connectivity index (χ3n) is 6.00. The fourth-order valence-electron chi connectivity index (χ4n) is 4.46. The molecule has 1 aromatic carbocycles. The number of piperidine rings is 1. The predicted molar refractivity (Wildman–Crippen MR) is 97.4 cm³/mol. The first-order chi connectivity index (χ1) is 12.2. The fraction of sp³-hybridized carbons (Fsp3) is 0.550.